The maximum absolute atomic E-state index is 5.98. The van der Waals surface area contributed by atoms with Crippen molar-refractivity contribution in [2.24, 2.45) is 11.3 Å². The number of fused-ring (bicyclic) bond motifs is 2. The lowest BCUT2D eigenvalue weighted by atomic mass is 9.81. The van der Waals surface area contributed by atoms with Crippen molar-refractivity contribution in [1.82, 2.24) is 0 Å². The number of alkyl halides is 1. The first kappa shape index (κ1) is 8.69. The van der Waals surface area contributed by atoms with E-state index < -0.39 is 0 Å². The zero-order valence-corrected chi connectivity index (χ0v) is 9.31. The maximum atomic E-state index is 5.98. The predicted octanol–water partition coefficient (Wildman–Crippen LogP) is 1.97. The molecule has 3 unspecified atom stereocenters. The Balaban J connectivity index is 1.88. The van der Waals surface area contributed by atoms with E-state index in [0.29, 0.717) is 5.41 Å². The zero-order valence-electron chi connectivity index (χ0n) is 7.72. The van der Waals surface area contributed by atoms with Crippen molar-refractivity contribution in [3.8, 4) is 0 Å². The molecule has 1 spiro atoms. The number of ether oxygens (including phenoxy) is 2. The van der Waals surface area contributed by atoms with E-state index in [2.05, 4.69) is 15.9 Å². The summed E-state index contributed by atoms with van der Waals surface area (Å²) >= 11 is 3.65. The quantitative estimate of drug-likeness (QED) is 0.659. The average molecular weight is 247 g/mol. The zero-order chi connectivity index (χ0) is 8.94. The van der Waals surface area contributed by atoms with Gasteiger partial charge in [-0.05, 0) is 25.2 Å². The highest BCUT2D eigenvalue weighted by molar-refractivity contribution is 9.09. The summed E-state index contributed by atoms with van der Waals surface area (Å²) in [7, 11) is 0. The summed E-state index contributed by atoms with van der Waals surface area (Å²) in [6.45, 7) is 2.72. The fraction of sp³-hybridized carbons (Fsp3) is 1.00. The van der Waals surface area contributed by atoms with E-state index in [9.17, 15) is 0 Å². The summed E-state index contributed by atoms with van der Waals surface area (Å²) in [6, 6.07) is 0. The molecule has 1 aliphatic carbocycles. The fourth-order valence-corrected chi connectivity index (χ4v) is 4.32. The van der Waals surface area contributed by atoms with Gasteiger partial charge >= 0.3 is 0 Å². The molecule has 0 radical (unpaired) electrons. The van der Waals surface area contributed by atoms with Crippen LogP contribution in [0.15, 0.2) is 0 Å². The van der Waals surface area contributed by atoms with Crippen molar-refractivity contribution >= 4 is 15.9 Å². The third kappa shape index (κ3) is 0.959. The van der Waals surface area contributed by atoms with E-state index in [1.54, 1.807) is 0 Å². The summed E-state index contributed by atoms with van der Waals surface area (Å²) in [4.78, 5) is 0. The minimum absolute atomic E-state index is 0.0828. The highest BCUT2D eigenvalue weighted by Gasteiger charge is 2.71. The highest BCUT2D eigenvalue weighted by atomic mass is 79.9. The van der Waals surface area contributed by atoms with Gasteiger partial charge in [-0.25, -0.2) is 0 Å². The lowest BCUT2D eigenvalue weighted by Gasteiger charge is -2.39. The third-order valence-corrected chi connectivity index (χ3v) is 5.14. The third-order valence-electron chi connectivity index (χ3n) is 4.14. The van der Waals surface area contributed by atoms with Gasteiger partial charge < -0.3 is 9.47 Å². The van der Waals surface area contributed by atoms with E-state index in [1.807, 2.05) is 0 Å². The van der Waals surface area contributed by atoms with Gasteiger partial charge in [-0.1, -0.05) is 15.9 Å². The van der Waals surface area contributed by atoms with Crippen molar-refractivity contribution in [3.63, 3.8) is 0 Å². The Hall–Kier alpha value is 0.400. The molecule has 2 heterocycles. The molecule has 0 N–H and O–H groups in total. The lowest BCUT2D eigenvalue weighted by Crippen LogP contribution is -2.47. The second-order valence-electron chi connectivity index (χ2n) is 4.65. The molecule has 0 aromatic rings. The van der Waals surface area contributed by atoms with E-state index in [1.165, 1.54) is 19.3 Å². The SMILES string of the molecule is BrCC12CC1COC21CCCOC1. The topological polar surface area (TPSA) is 18.5 Å². The van der Waals surface area contributed by atoms with Gasteiger partial charge in [-0.15, -0.1) is 0 Å². The molecule has 3 fully saturated rings. The van der Waals surface area contributed by atoms with Crippen LogP contribution in [0.5, 0.6) is 0 Å². The van der Waals surface area contributed by atoms with Crippen LogP contribution >= 0.6 is 15.9 Å². The van der Waals surface area contributed by atoms with Crippen LogP contribution < -0.4 is 0 Å². The van der Waals surface area contributed by atoms with Gasteiger partial charge in [0.15, 0.2) is 0 Å². The van der Waals surface area contributed by atoms with E-state index in [-0.39, 0.29) is 5.60 Å². The summed E-state index contributed by atoms with van der Waals surface area (Å²) in [5.74, 6) is 0.813. The first-order valence-corrected chi connectivity index (χ1v) is 6.23. The van der Waals surface area contributed by atoms with Crippen LogP contribution in [0.2, 0.25) is 0 Å². The molecule has 0 amide bonds. The molecule has 74 valence electrons. The van der Waals surface area contributed by atoms with Gasteiger partial charge in [-0.2, -0.15) is 0 Å². The van der Waals surface area contributed by atoms with Crippen LogP contribution in [0.25, 0.3) is 0 Å². The lowest BCUT2D eigenvalue weighted by molar-refractivity contribution is -0.134. The number of hydrogen-bond acceptors (Lipinski definition) is 2. The smallest absolute Gasteiger partial charge is 0.0983 e. The molecule has 1 saturated carbocycles. The Labute approximate surface area is 87.1 Å². The van der Waals surface area contributed by atoms with E-state index in [0.717, 1.165) is 31.1 Å². The van der Waals surface area contributed by atoms with Crippen LogP contribution in [-0.4, -0.2) is 30.8 Å². The Bertz CT molecular complexity index is 221. The van der Waals surface area contributed by atoms with Gasteiger partial charge in [0.2, 0.25) is 0 Å². The summed E-state index contributed by atoms with van der Waals surface area (Å²) in [5, 5.41) is 1.09. The number of halogens is 1. The van der Waals surface area contributed by atoms with Gasteiger partial charge in [-0.3, -0.25) is 0 Å². The van der Waals surface area contributed by atoms with Crippen molar-refractivity contribution in [2.75, 3.05) is 25.2 Å². The largest absolute Gasteiger partial charge is 0.378 e. The van der Waals surface area contributed by atoms with Crippen LogP contribution in [0.1, 0.15) is 19.3 Å². The first-order valence-electron chi connectivity index (χ1n) is 5.11. The molecule has 0 aromatic carbocycles. The Morgan fingerprint density at radius 1 is 1.46 bits per heavy atom. The van der Waals surface area contributed by atoms with E-state index in [4.69, 9.17) is 9.47 Å². The standard InChI is InChI=1S/C10H15BrO2/c11-6-9-4-8(9)5-13-10(9)2-1-3-12-7-10/h8H,1-7H2. The molecule has 0 bridgehead atoms. The molecule has 2 aliphatic heterocycles. The van der Waals surface area contributed by atoms with Gasteiger partial charge in [0, 0.05) is 17.4 Å². The van der Waals surface area contributed by atoms with Crippen molar-refractivity contribution in [2.45, 2.75) is 24.9 Å². The summed E-state index contributed by atoms with van der Waals surface area (Å²) in [5.41, 5.74) is 0.521. The van der Waals surface area contributed by atoms with Gasteiger partial charge in [0.1, 0.15) is 0 Å². The summed E-state index contributed by atoms with van der Waals surface area (Å²) < 4.78 is 11.6. The maximum Gasteiger partial charge on any atom is 0.0983 e. The second kappa shape index (κ2) is 2.71. The Morgan fingerprint density at radius 3 is 3.00 bits per heavy atom. The summed E-state index contributed by atoms with van der Waals surface area (Å²) in [6.07, 6.45) is 3.72. The molecule has 0 aromatic heterocycles. The number of rotatable bonds is 1. The highest BCUT2D eigenvalue weighted by Crippen LogP contribution is 2.68. The van der Waals surface area contributed by atoms with Gasteiger partial charge in [0.05, 0.1) is 18.8 Å². The molecular formula is C10H15BrO2. The number of hydrogen-bond donors (Lipinski definition) is 0. The minimum Gasteiger partial charge on any atom is -0.378 e. The molecule has 3 aliphatic rings. The van der Waals surface area contributed by atoms with Crippen LogP contribution in [0.3, 0.4) is 0 Å². The molecule has 3 heteroatoms. The van der Waals surface area contributed by atoms with Crippen LogP contribution in [0, 0.1) is 11.3 Å². The molecule has 2 saturated heterocycles. The molecule has 13 heavy (non-hydrogen) atoms. The van der Waals surface area contributed by atoms with Gasteiger partial charge in [0.25, 0.3) is 0 Å². The fourth-order valence-electron chi connectivity index (χ4n) is 3.12. The first-order chi connectivity index (χ1) is 6.33. The molecule has 3 rings (SSSR count). The molecular weight excluding hydrogens is 232 g/mol. The van der Waals surface area contributed by atoms with Crippen LogP contribution in [-0.2, 0) is 9.47 Å². The molecule has 3 atom stereocenters. The van der Waals surface area contributed by atoms with Crippen LogP contribution in [0.4, 0.5) is 0 Å². The van der Waals surface area contributed by atoms with Crippen molar-refractivity contribution in [3.05, 3.63) is 0 Å². The molecule has 2 nitrogen and oxygen atoms in total. The minimum atomic E-state index is 0.0828. The van der Waals surface area contributed by atoms with Crippen molar-refractivity contribution in [1.29, 1.82) is 0 Å². The van der Waals surface area contributed by atoms with Crippen molar-refractivity contribution < 1.29 is 9.47 Å². The van der Waals surface area contributed by atoms with E-state index >= 15 is 0 Å². The predicted molar refractivity (Wildman–Crippen MR) is 53.1 cm³/mol. The Morgan fingerprint density at radius 2 is 2.38 bits per heavy atom. The Kier molecular flexibility index (Phi) is 1.81. The second-order valence-corrected chi connectivity index (χ2v) is 5.21. The normalized spacial score (nSPS) is 53.8. The average Bonchev–Trinajstić information content (AvgIpc) is 2.86. The monoisotopic (exact) mass is 246 g/mol.